The van der Waals surface area contributed by atoms with Crippen LogP contribution in [0.5, 0.6) is 5.75 Å². The van der Waals surface area contributed by atoms with E-state index >= 15 is 0 Å². The Morgan fingerprint density at radius 1 is 1.50 bits per heavy atom. The zero-order valence-corrected chi connectivity index (χ0v) is 10.0. The molecular formula is C11H10BrNO3. The second-order valence-corrected chi connectivity index (χ2v) is 3.93. The van der Waals surface area contributed by atoms with E-state index < -0.39 is 0 Å². The van der Waals surface area contributed by atoms with Gasteiger partial charge in [-0.2, -0.15) is 0 Å². The predicted octanol–water partition coefficient (Wildman–Crippen LogP) is 1.39. The molecule has 0 spiro atoms. The number of hydrogen-bond donors (Lipinski definition) is 1. The van der Waals surface area contributed by atoms with Gasteiger partial charge in [0.15, 0.2) is 5.78 Å². The lowest BCUT2D eigenvalue weighted by molar-refractivity contribution is 0.0957. The third kappa shape index (κ3) is 2.09. The molecule has 1 aliphatic heterocycles. The molecule has 0 radical (unpaired) electrons. The lowest BCUT2D eigenvalue weighted by Crippen LogP contribution is -2.24. The number of amides is 1. The van der Waals surface area contributed by atoms with Crippen molar-refractivity contribution in [2.75, 3.05) is 18.5 Å². The molecular weight excluding hydrogens is 274 g/mol. The van der Waals surface area contributed by atoms with Crippen LogP contribution in [0, 0.1) is 0 Å². The summed E-state index contributed by atoms with van der Waals surface area (Å²) in [5, 5.41) is 2.94. The molecule has 0 fully saturated rings. The SMILES string of the molecule is O=C(CBr)c1ccc2c(c1)C(=O)NCCO2. The van der Waals surface area contributed by atoms with Crippen molar-refractivity contribution in [1.29, 1.82) is 0 Å². The summed E-state index contributed by atoms with van der Waals surface area (Å²) >= 11 is 3.10. The van der Waals surface area contributed by atoms with Crippen molar-refractivity contribution in [3.63, 3.8) is 0 Å². The van der Waals surface area contributed by atoms with Gasteiger partial charge in [-0.1, -0.05) is 15.9 Å². The monoisotopic (exact) mass is 283 g/mol. The third-order valence-corrected chi connectivity index (χ3v) is 2.82. The number of hydrogen-bond acceptors (Lipinski definition) is 3. The number of halogens is 1. The lowest BCUT2D eigenvalue weighted by atomic mass is 10.1. The van der Waals surface area contributed by atoms with Gasteiger partial charge >= 0.3 is 0 Å². The van der Waals surface area contributed by atoms with Gasteiger partial charge in [0.25, 0.3) is 5.91 Å². The van der Waals surface area contributed by atoms with Gasteiger partial charge in [-0.25, -0.2) is 0 Å². The van der Waals surface area contributed by atoms with Crippen LogP contribution < -0.4 is 10.1 Å². The minimum Gasteiger partial charge on any atom is -0.491 e. The zero-order valence-electron chi connectivity index (χ0n) is 8.46. The van der Waals surface area contributed by atoms with Gasteiger partial charge in [-0.15, -0.1) is 0 Å². The summed E-state index contributed by atoms with van der Waals surface area (Å²) in [4.78, 5) is 23.1. The van der Waals surface area contributed by atoms with Crippen LogP contribution >= 0.6 is 15.9 Å². The maximum atomic E-state index is 11.7. The topological polar surface area (TPSA) is 55.4 Å². The van der Waals surface area contributed by atoms with E-state index in [1.165, 1.54) is 0 Å². The first-order chi connectivity index (χ1) is 7.72. The first-order valence-corrected chi connectivity index (χ1v) is 5.98. The molecule has 0 bridgehead atoms. The average molecular weight is 284 g/mol. The van der Waals surface area contributed by atoms with E-state index in [2.05, 4.69) is 21.2 Å². The van der Waals surface area contributed by atoms with Crippen LogP contribution in [0.1, 0.15) is 20.7 Å². The van der Waals surface area contributed by atoms with Crippen LogP contribution in [-0.2, 0) is 0 Å². The quantitative estimate of drug-likeness (QED) is 0.659. The van der Waals surface area contributed by atoms with Crippen molar-refractivity contribution in [3.05, 3.63) is 29.3 Å². The Morgan fingerprint density at radius 3 is 3.06 bits per heavy atom. The maximum Gasteiger partial charge on any atom is 0.255 e. The Labute approximate surface area is 101 Å². The molecule has 5 heteroatoms. The number of benzene rings is 1. The molecule has 0 atom stereocenters. The summed E-state index contributed by atoms with van der Waals surface area (Å²) < 4.78 is 5.38. The summed E-state index contributed by atoms with van der Waals surface area (Å²) in [6.07, 6.45) is 0. The number of Topliss-reactive ketones (excluding diaryl/α,β-unsaturated/α-hetero) is 1. The van der Waals surface area contributed by atoms with E-state index in [1.54, 1.807) is 18.2 Å². The highest BCUT2D eigenvalue weighted by atomic mass is 79.9. The molecule has 0 unspecified atom stereocenters. The molecule has 1 aromatic rings. The number of fused-ring (bicyclic) bond motifs is 1. The Hall–Kier alpha value is -1.36. The number of carbonyl (C=O) groups is 2. The average Bonchev–Trinajstić information content (AvgIpc) is 2.50. The number of alkyl halides is 1. The van der Waals surface area contributed by atoms with E-state index in [0.717, 1.165) is 0 Å². The maximum absolute atomic E-state index is 11.7. The number of nitrogens with one attached hydrogen (secondary N) is 1. The standard InChI is InChI=1S/C11H10BrNO3/c12-6-9(14)7-1-2-10-8(5-7)11(15)13-3-4-16-10/h1-2,5H,3-4,6H2,(H,13,15). The molecule has 4 nitrogen and oxygen atoms in total. The van der Waals surface area contributed by atoms with E-state index in [9.17, 15) is 9.59 Å². The Balaban J connectivity index is 2.43. The smallest absolute Gasteiger partial charge is 0.255 e. The molecule has 0 aliphatic carbocycles. The van der Waals surface area contributed by atoms with Crippen molar-refractivity contribution < 1.29 is 14.3 Å². The number of ether oxygens (including phenoxy) is 1. The molecule has 1 heterocycles. The van der Waals surface area contributed by atoms with Gasteiger partial charge in [0.05, 0.1) is 17.4 Å². The Morgan fingerprint density at radius 2 is 2.31 bits per heavy atom. The van der Waals surface area contributed by atoms with Crippen LogP contribution in [0.15, 0.2) is 18.2 Å². The van der Waals surface area contributed by atoms with Crippen LogP contribution in [0.4, 0.5) is 0 Å². The van der Waals surface area contributed by atoms with Crippen LogP contribution in [0.3, 0.4) is 0 Å². The molecule has 0 saturated carbocycles. The first-order valence-electron chi connectivity index (χ1n) is 4.86. The Kier molecular flexibility index (Phi) is 3.24. The van der Waals surface area contributed by atoms with Crippen LogP contribution in [0.2, 0.25) is 0 Å². The summed E-state index contributed by atoms with van der Waals surface area (Å²) in [5.41, 5.74) is 0.931. The van der Waals surface area contributed by atoms with Crippen molar-refractivity contribution in [1.82, 2.24) is 5.32 Å². The van der Waals surface area contributed by atoms with Crippen molar-refractivity contribution in [2.24, 2.45) is 0 Å². The van der Waals surface area contributed by atoms with E-state index in [-0.39, 0.29) is 17.0 Å². The van der Waals surface area contributed by atoms with Crippen LogP contribution in [-0.4, -0.2) is 30.2 Å². The van der Waals surface area contributed by atoms with E-state index in [4.69, 9.17) is 4.74 Å². The van der Waals surface area contributed by atoms with Crippen LogP contribution in [0.25, 0.3) is 0 Å². The number of rotatable bonds is 2. The molecule has 1 aliphatic rings. The summed E-state index contributed by atoms with van der Waals surface area (Å²) in [6, 6.07) is 4.90. The highest BCUT2D eigenvalue weighted by molar-refractivity contribution is 9.09. The van der Waals surface area contributed by atoms with E-state index in [0.29, 0.717) is 30.0 Å². The van der Waals surface area contributed by atoms with Gasteiger partial charge in [0.2, 0.25) is 0 Å². The van der Waals surface area contributed by atoms with Gasteiger partial charge < -0.3 is 10.1 Å². The predicted molar refractivity (Wildman–Crippen MR) is 62.4 cm³/mol. The van der Waals surface area contributed by atoms with Crippen molar-refractivity contribution in [3.8, 4) is 5.75 Å². The molecule has 1 amide bonds. The number of carbonyl (C=O) groups excluding carboxylic acids is 2. The normalized spacial score (nSPS) is 14.4. The zero-order chi connectivity index (χ0) is 11.5. The second kappa shape index (κ2) is 4.65. The fraction of sp³-hybridized carbons (Fsp3) is 0.273. The summed E-state index contributed by atoms with van der Waals surface area (Å²) in [7, 11) is 0. The van der Waals surface area contributed by atoms with Gasteiger partial charge in [0, 0.05) is 5.56 Å². The molecule has 1 aromatic carbocycles. The molecule has 0 aromatic heterocycles. The highest BCUT2D eigenvalue weighted by Gasteiger charge is 2.18. The highest BCUT2D eigenvalue weighted by Crippen LogP contribution is 2.22. The van der Waals surface area contributed by atoms with Gasteiger partial charge in [-0.05, 0) is 18.2 Å². The third-order valence-electron chi connectivity index (χ3n) is 2.31. The molecule has 16 heavy (non-hydrogen) atoms. The molecule has 1 N–H and O–H groups in total. The van der Waals surface area contributed by atoms with Crippen molar-refractivity contribution >= 4 is 27.6 Å². The molecule has 2 rings (SSSR count). The van der Waals surface area contributed by atoms with E-state index in [1.807, 2.05) is 0 Å². The molecule has 0 saturated heterocycles. The van der Waals surface area contributed by atoms with Gasteiger partial charge in [0.1, 0.15) is 12.4 Å². The Bertz CT molecular complexity index is 445. The summed E-state index contributed by atoms with van der Waals surface area (Å²) in [5.74, 6) is 0.276. The fourth-order valence-corrected chi connectivity index (χ4v) is 1.83. The largest absolute Gasteiger partial charge is 0.491 e. The first kappa shape index (κ1) is 11.1. The van der Waals surface area contributed by atoms with Gasteiger partial charge in [-0.3, -0.25) is 9.59 Å². The summed E-state index contributed by atoms with van der Waals surface area (Å²) in [6.45, 7) is 0.930. The van der Waals surface area contributed by atoms with Crippen molar-refractivity contribution in [2.45, 2.75) is 0 Å². The minimum atomic E-state index is -0.197. The fourth-order valence-electron chi connectivity index (χ4n) is 1.50. The lowest BCUT2D eigenvalue weighted by Gasteiger charge is -2.06. The molecule has 84 valence electrons. The second-order valence-electron chi connectivity index (χ2n) is 3.37. The number of ketones is 1. The minimum absolute atomic E-state index is 0.0557.